The quantitative estimate of drug-likeness (QED) is 0.762. The lowest BCUT2D eigenvalue weighted by molar-refractivity contribution is -0.137. The highest BCUT2D eigenvalue weighted by Crippen LogP contribution is 2.23. The van der Waals surface area contributed by atoms with E-state index in [1.165, 1.54) is 25.8 Å². The molecule has 0 aromatic carbocycles. The second-order valence-corrected chi connectivity index (χ2v) is 4.69. The summed E-state index contributed by atoms with van der Waals surface area (Å²) >= 11 is 0. The van der Waals surface area contributed by atoms with Gasteiger partial charge in [-0.2, -0.15) is 0 Å². The summed E-state index contributed by atoms with van der Waals surface area (Å²) in [6, 6.07) is 0.651. The maximum absolute atomic E-state index is 10.5. The highest BCUT2D eigenvalue weighted by atomic mass is 16.4. The number of likely N-dealkylation sites (tertiary alicyclic amines) is 1. The van der Waals surface area contributed by atoms with Gasteiger partial charge in [-0.3, -0.25) is 4.79 Å². The Morgan fingerprint density at radius 1 is 1.60 bits per heavy atom. The fraction of sp³-hybridized carbons (Fsp3) is 0.917. The van der Waals surface area contributed by atoms with Crippen molar-refractivity contribution in [2.45, 2.75) is 52.0 Å². The predicted molar refractivity (Wildman–Crippen MR) is 60.9 cm³/mol. The molecule has 0 radical (unpaired) electrons. The maximum Gasteiger partial charge on any atom is 0.303 e. The van der Waals surface area contributed by atoms with Crippen molar-refractivity contribution >= 4 is 5.97 Å². The van der Waals surface area contributed by atoms with E-state index in [0.29, 0.717) is 18.4 Å². The molecule has 1 fully saturated rings. The summed E-state index contributed by atoms with van der Waals surface area (Å²) in [6.45, 7) is 6.77. The summed E-state index contributed by atoms with van der Waals surface area (Å²) in [7, 11) is 0. The van der Waals surface area contributed by atoms with Crippen molar-refractivity contribution in [2.75, 3.05) is 13.1 Å². The predicted octanol–water partition coefficient (Wildman–Crippen LogP) is 2.36. The van der Waals surface area contributed by atoms with Gasteiger partial charge in [-0.25, -0.2) is 0 Å². The van der Waals surface area contributed by atoms with Crippen LogP contribution in [0.1, 0.15) is 46.0 Å². The lowest BCUT2D eigenvalue weighted by Gasteiger charge is -2.36. The number of nitrogens with zero attached hydrogens (tertiary/aromatic N) is 1. The minimum Gasteiger partial charge on any atom is -0.481 e. The van der Waals surface area contributed by atoms with Crippen LogP contribution in [0.4, 0.5) is 0 Å². The van der Waals surface area contributed by atoms with Crippen LogP contribution in [-0.2, 0) is 4.79 Å². The van der Waals surface area contributed by atoms with Crippen LogP contribution in [0.2, 0.25) is 0 Å². The highest BCUT2D eigenvalue weighted by molar-refractivity contribution is 5.66. The Labute approximate surface area is 92.5 Å². The molecule has 1 rings (SSSR count). The Balaban J connectivity index is 2.32. The molecule has 2 unspecified atom stereocenters. The molecule has 0 amide bonds. The topological polar surface area (TPSA) is 40.5 Å². The van der Waals surface area contributed by atoms with Crippen LogP contribution in [0.3, 0.4) is 0 Å². The molecule has 0 bridgehead atoms. The van der Waals surface area contributed by atoms with Crippen molar-refractivity contribution in [3.8, 4) is 0 Å². The van der Waals surface area contributed by atoms with Gasteiger partial charge in [0.25, 0.3) is 0 Å². The van der Waals surface area contributed by atoms with Crippen molar-refractivity contribution in [1.82, 2.24) is 4.90 Å². The summed E-state index contributed by atoms with van der Waals surface area (Å²) in [5.41, 5.74) is 0. The molecular weight excluding hydrogens is 190 g/mol. The van der Waals surface area contributed by atoms with Gasteiger partial charge in [0, 0.05) is 19.0 Å². The molecule has 15 heavy (non-hydrogen) atoms. The third-order valence-electron chi connectivity index (χ3n) is 3.53. The Kier molecular flexibility index (Phi) is 5.09. The summed E-state index contributed by atoms with van der Waals surface area (Å²) in [5, 5.41) is 8.65. The number of aliphatic carboxylic acids is 1. The lowest BCUT2D eigenvalue weighted by atomic mass is 9.92. The molecule has 2 atom stereocenters. The van der Waals surface area contributed by atoms with Crippen LogP contribution in [0.25, 0.3) is 0 Å². The number of rotatable bonds is 5. The molecule has 1 aliphatic rings. The minimum atomic E-state index is -0.657. The number of carboxylic acid groups (broad SMARTS) is 1. The average Bonchev–Trinajstić information content (AvgIpc) is 2.25. The smallest absolute Gasteiger partial charge is 0.303 e. The van der Waals surface area contributed by atoms with Gasteiger partial charge in [0.1, 0.15) is 0 Å². The molecular formula is C12H23NO2. The first-order chi connectivity index (χ1) is 7.13. The molecule has 0 spiro atoms. The fourth-order valence-electron chi connectivity index (χ4n) is 2.32. The summed E-state index contributed by atoms with van der Waals surface area (Å²) in [5.74, 6) is -0.0560. The van der Waals surface area contributed by atoms with E-state index in [4.69, 9.17) is 5.11 Å². The van der Waals surface area contributed by atoms with Crippen LogP contribution in [0.5, 0.6) is 0 Å². The second kappa shape index (κ2) is 6.11. The van der Waals surface area contributed by atoms with Crippen molar-refractivity contribution in [3.63, 3.8) is 0 Å². The number of hydrogen-bond acceptors (Lipinski definition) is 2. The van der Waals surface area contributed by atoms with Crippen LogP contribution in [0.15, 0.2) is 0 Å². The average molecular weight is 213 g/mol. The monoisotopic (exact) mass is 213 g/mol. The number of piperidine rings is 1. The van der Waals surface area contributed by atoms with E-state index in [-0.39, 0.29) is 0 Å². The van der Waals surface area contributed by atoms with Crippen molar-refractivity contribution < 1.29 is 9.90 Å². The Morgan fingerprint density at radius 2 is 2.33 bits per heavy atom. The van der Waals surface area contributed by atoms with Gasteiger partial charge in [0.05, 0.1) is 0 Å². The van der Waals surface area contributed by atoms with Gasteiger partial charge in [-0.05, 0) is 45.1 Å². The Hall–Kier alpha value is -0.570. The molecule has 0 aromatic heterocycles. The zero-order chi connectivity index (χ0) is 11.3. The van der Waals surface area contributed by atoms with Crippen LogP contribution in [0, 0.1) is 5.92 Å². The van der Waals surface area contributed by atoms with E-state index in [1.54, 1.807) is 0 Å². The molecule has 0 aliphatic carbocycles. The zero-order valence-corrected chi connectivity index (χ0v) is 9.91. The molecule has 3 nitrogen and oxygen atoms in total. The molecule has 0 saturated carbocycles. The van der Waals surface area contributed by atoms with Crippen molar-refractivity contribution in [3.05, 3.63) is 0 Å². The van der Waals surface area contributed by atoms with E-state index in [9.17, 15) is 4.79 Å². The van der Waals surface area contributed by atoms with Crippen LogP contribution >= 0.6 is 0 Å². The van der Waals surface area contributed by atoms with Gasteiger partial charge in [0.2, 0.25) is 0 Å². The molecule has 88 valence electrons. The third-order valence-corrected chi connectivity index (χ3v) is 3.53. The van der Waals surface area contributed by atoms with Crippen LogP contribution < -0.4 is 0 Å². The molecule has 1 N–H and O–H groups in total. The third kappa shape index (κ3) is 4.20. The van der Waals surface area contributed by atoms with Gasteiger partial charge in [-0.1, -0.05) is 6.92 Å². The van der Waals surface area contributed by atoms with E-state index >= 15 is 0 Å². The van der Waals surface area contributed by atoms with Crippen molar-refractivity contribution in [2.24, 2.45) is 5.92 Å². The SMILES string of the molecule is CCC(C)N1CCCC(CCC(=O)O)C1. The Morgan fingerprint density at radius 3 is 2.93 bits per heavy atom. The number of hydrogen-bond donors (Lipinski definition) is 1. The maximum atomic E-state index is 10.5. The Bertz CT molecular complexity index is 206. The molecule has 3 heteroatoms. The standard InChI is InChI=1S/C12H23NO2/c1-3-10(2)13-8-4-5-11(9-13)6-7-12(14)15/h10-11H,3-9H2,1-2H3,(H,14,15). The minimum absolute atomic E-state index is 0.332. The molecule has 1 aliphatic heterocycles. The van der Waals surface area contributed by atoms with Gasteiger partial charge < -0.3 is 10.0 Å². The van der Waals surface area contributed by atoms with Gasteiger partial charge in [-0.15, -0.1) is 0 Å². The number of carboxylic acids is 1. The largest absolute Gasteiger partial charge is 0.481 e. The van der Waals surface area contributed by atoms with E-state index < -0.39 is 5.97 Å². The first-order valence-corrected chi connectivity index (χ1v) is 6.09. The van der Waals surface area contributed by atoms with E-state index in [0.717, 1.165) is 13.0 Å². The summed E-state index contributed by atoms with van der Waals surface area (Å²) in [4.78, 5) is 13.0. The van der Waals surface area contributed by atoms with Crippen LogP contribution in [-0.4, -0.2) is 35.1 Å². The number of carbonyl (C=O) groups is 1. The fourth-order valence-corrected chi connectivity index (χ4v) is 2.32. The normalized spacial score (nSPS) is 25.1. The van der Waals surface area contributed by atoms with Gasteiger partial charge >= 0.3 is 5.97 Å². The molecule has 0 aromatic rings. The summed E-state index contributed by atoms with van der Waals surface area (Å²) in [6.07, 6.45) is 4.81. The van der Waals surface area contributed by atoms with Gasteiger partial charge in [0.15, 0.2) is 0 Å². The molecule has 1 heterocycles. The van der Waals surface area contributed by atoms with E-state index in [2.05, 4.69) is 18.7 Å². The van der Waals surface area contributed by atoms with E-state index in [1.807, 2.05) is 0 Å². The van der Waals surface area contributed by atoms with Crippen molar-refractivity contribution in [1.29, 1.82) is 0 Å². The molecule has 1 saturated heterocycles. The zero-order valence-electron chi connectivity index (χ0n) is 9.91. The first-order valence-electron chi connectivity index (χ1n) is 6.09. The lowest BCUT2D eigenvalue weighted by Crippen LogP contribution is -2.41. The highest BCUT2D eigenvalue weighted by Gasteiger charge is 2.22. The second-order valence-electron chi connectivity index (χ2n) is 4.69. The summed E-state index contributed by atoms with van der Waals surface area (Å²) < 4.78 is 0. The first kappa shape index (κ1) is 12.5.